The second-order valence-corrected chi connectivity index (χ2v) is 7.96. The Morgan fingerprint density at radius 2 is 2.07 bits per heavy atom. The Balaban J connectivity index is 1.44. The lowest BCUT2D eigenvalue weighted by Gasteiger charge is -2.21. The largest absolute Gasteiger partial charge is 0.381 e. The van der Waals surface area contributed by atoms with Crippen molar-refractivity contribution in [3.63, 3.8) is 0 Å². The maximum absolute atomic E-state index is 11.9. The Morgan fingerprint density at radius 3 is 2.80 bits per heavy atom. The lowest BCUT2D eigenvalue weighted by molar-refractivity contribution is -0.118. The van der Waals surface area contributed by atoms with Crippen LogP contribution in [0.25, 0.3) is 16.9 Å². The molecule has 0 saturated carbocycles. The van der Waals surface area contributed by atoms with Gasteiger partial charge in [0.1, 0.15) is 5.82 Å². The Labute approximate surface area is 176 Å². The van der Waals surface area contributed by atoms with Gasteiger partial charge in [-0.15, -0.1) is 5.10 Å². The zero-order chi connectivity index (χ0) is 20.9. The first-order valence-electron chi connectivity index (χ1n) is 10.5. The number of carbonyl (C=O) groups is 1. The van der Waals surface area contributed by atoms with Gasteiger partial charge in [-0.1, -0.05) is 19.9 Å². The topological polar surface area (TPSA) is 93.4 Å². The van der Waals surface area contributed by atoms with Crippen LogP contribution in [0.2, 0.25) is 0 Å². The van der Waals surface area contributed by atoms with E-state index in [1.807, 2.05) is 50.4 Å². The molecular weight excluding hydrogens is 380 g/mol. The molecule has 3 aromatic heterocycles. The van der Waals surface area contributed by atoms with Crippen molar-refractivity contribution in [3.05, 3.63) is 36.5 Å². The zero-order valence-electron chi connectivity index (χ0n) is 17.5. The molecule has 0 unspecified atom stereocenters. The van der Waals surface area contributed by atoms with Crippen molar-refractivity contribution < 1.29 is 9.53 Å². The molecule has 1 aliphatic rings. The van der Waals surface area contributed by atoms with Crippen LogP contribution in [0.5, 0.6) is 0 Å². The van der Waals surface area contributed by atoms with Crippen LogP contribution >= 0.6 is 0 Å². The number of hydrogen-bond acceptors (Lipinski definition) is 6. The van der Waals surface area contributed by atoms with E-state index < -0.39 is 0 Å². The predicted octanol–water partition coefficient (Wildman–Crippen LogP) is 3.61. The van der Waals surface area contributed by atoms with E-state index >= 15 is 0 Å². The van der Waals surface area contributed by atoms with E-state index in [9.17, 15) is 4.79 Å². The number of hydrogen-bond donors (Lipinski definition) is 2. The summed E-state index contributed by atoms with van der Waals surface area (Å²) in [5.41, 5.74) is 2.47. The molecule has 3 aromatic rings. The second-order valence-electron chi connectivity index (χ2n) is 7.96. The van der Waals surface area contributed by atoms with Crippen molar-refractivity contribution >= 4 is 23.3 Å². The van der Waals surface area contributed by atoms with Gasteiger partial charge in [0.25, 0.3) is 0 Å². The molecule has 4 heterocycles. The van der Waals surface area contributed by atoms with Gasteiger partial charge in [-0.05, 0) is 49.4 Å². The van der Waals surface area contributed by atoms with E-state index in [1.54, 1.807) is 4.52 Å². The quantitative estimate of drug-likeness (QED) is 0.620. The third-order valence-electron chi connectivity index (χ3n) is 5.38. The molecule has 1 fully saturated rings. The molecule has 0 atom stereocenters. The Kier molecular flexibility index (Phi) is 6.23. The highest BCUT2D eigenvalue weighted by atomic mass is 16.5. The average molecular weight is 409 g/mol. The Morgan fingerprint density at radius 1 is 1.23 bits per heavy atom. The van der Waals surface area contributed by atoms with Gasteiger partial charge in [0, 0.05) is 37.4 Å². The standard InChI is InChI=1S/C22H28N6O2/c1-15(2)21(29)26-22-25-20-5-3-4-18(28(20)27-22)17-6-7-19(24-14-17)23-11-8-16-9-12-30-13-10-16/h3-7,14-16H,8-13H2,1-2H3,(H,23,24)(H,26,27,29). The molecule has 1 saturated heterocycles. The molecule has 0 aliphatic carbocycles. The van der Waals surface area contributed by atoms with Crippen molar-refractivity contribution in [2.24, 2.45) is 11.8 Å². The van der Waals surface area contributed by atoms with Gasteiger partial charge in [0.2, 0.25) is 11.9 Å². The fourth-order valence-corrected chi connectivity index (χ4v) is 3.52. The number of anilines is 2. The summed E-state index contributed by atoms with van der Waals surface area (Å²) in [5.74, 6) is 1.67. The summed E-state index contributed by atoms with van der Waals surface area (Å²) in [7, 11) is 0. The minimum atomic E-state index is -0.133. The number of nitrogens with one attached hydrogen (secondary N) is 2. The highest BCUT2D eigenvalue weighted by Gasteiger charge is 2.14. The lowest BCUT2D eigenvalue weighted by Crippen LogP contribution is -2.18. The molecule has 158 valence electrons. The van der Waals surface area contributed by atoms with Crippen LogP contribution < -0.4 is 10.6 Å². The maximum Gasteiger partial charge on any atom is 0.249 e. The first-order chi connectivity index (χ1) is 14.6. The van der Waals surface area contributed by atoms with Gasteiger partial charge < -0.3 is 10.1 Å². The number of ether oxygens (including phenoxy) is 1. The fraction of sp³-hybridized carbons (Fsp3) is 0.455. The van der Waals surface area contributed by atoms with Gasteiger partial charge in [0.05, 0.1) is 5.69 Å². The maximum atomic E-state index is 11.9. The number of rotatable bonds is 7. The van der Waals surface area contributed by atoms with Crippen LogP contribution in [-0.4, -0.2) is 45.2 Å². The minimum Gasteiger partial charge on any atom is -0.381 e. The highest BCUT2D eigenvalue weighted by Crippen LogP contribution is 2.22. The van der Waals surface area contributed by atoms with Gasteiger partial charge >= 0.3 is 0 Å². The van der Waals surface area contributed by atoms with Crippen molar-refractivity contribution in [1.82, 2.24) is 19.6 Å². The molecule has 8 heteroatoms. The second kappa shape index (κ2) is 9.21. The van der Waals surface area contributed by atoms with Gasteiger partial charge in [-0.2, -0.15) is 4.98 Å². The van der Waals surface area contributed by atoms with Gasteiger partial charge in [-0.3, -0.25) is 10.1 Å². The van der Waals surface area contributed by atoms with Crippen LogP contribution in [0.15, 0.2) is 36.5 Å². The number of nitrogens with zero attached hydrogens (tertiary/aromatic N) is 4. The van der Waals surface area contributed by atoms with E-state index in [2.05, 4.69) is 25.7 Å². The third kappa shape index (κ3) is 4.76. The summed E-state index contributed by atoms with van der Waals surface area (Å²) in [6.07, 6.45) is 5.26. The summed E-state index contributed by atoms with van der Waals surface area (Å²) in [6.45, 7) is 6.35. The van der Waals surface area contributed by atoms with E-state index in [-0.39, 0.29) is 11.8 Å². The van der Waals surface area contributed by atoms with Crippen molar-refractivity contribution in [2.45, 2.75) is 33.1 Å². The first-order valence-corrected chi connectivity index (χ1v) is 10.5. The Hall–Kier alpha value is -3.00. The SMILES string of the molecule is CC(C)C(=O)Nc1nc2cccc(-c3ccc(NCCC4CCOCC4)nc3)n2n1. The lowest BCUT2D eigenvalue weighted by atomic mass is 9.97. The summed E-state index contributed by atoms with van der Waals surface area (Å²) >= 11 is 0. The van der Waals surface area contributed by atoms with Crippen LogP contribution in [0.1, 0.15) is 33.1 Å². The smallest absolute Gasteiger partial charge is 0.249 e. The van der Waals surface area contributed by atoms with E-state index in [0.717, 1.165) is 62.0 Å². The predicted molar refractivity (Wildman–Crippen MR) is 116 cm³/mol. The van der Waals surface area contributed by atoms with Crippen LogP contribution in [0.4, 0.5) is 11.8 Å². The molecule has 0 radical (unpaired) electrons. The number of amides is 1. The zero-order valence-corrected chi connectivity index (χ0v) is 17.5. The third-order valence-corrected chi connectivity index (χ3v) is 5.38. The minimum absolute atomic E-state index is 0.106. The molecule has 4 rings (SSSR count). The molecule has 2 N–H and O–H groups in total. The van der Waals surface area contributed by atoms with E-state index in [1.165, 1.54) is 0 Å². The molecule has 0 bridgehead atoms. The molecule has 8 nitrogen and oxygen atoms in total. The normalized spacial score (nSPS) is 14.9. The summed E-state index contributed by atoms with van der Waals surface area (Å²) in [6, 6.07) is 9.75. The first kappa shape index (κ1) is 20.3. The van der Waals surface area contributed by atoms with Gasteiger partial charge in [-0.25, -0.2) is 9.50 Å². The Bertz CT molecular complexity index is 993. The molecule has 0 spiro atoms. The van der Waals surface area contributed by atoms with Gasteiger partial charge in [0.15, 0.2) is 5.65 Å². The number of aromatic nitrogens is 4. The molecule has 0 aromatic carbocycles. The molecule has 1 amide bonds. The number of carbonyl (C=O) groups excluding carboxylic acids is 1. The van der Waals surface area contributed by atoms with Crippen LogP contribution in [0.3, 0.4) is 0 Å². The fourth-order valence-electron chi connectivity index (χ4n) is 3.52. The van der Waals surface area contributed by atoms with E-state index in [4.69, 9.17) is 4.74 Å². The number of fused-ring (bicyclic) bond motifs is 1. The van der Waals surface area contributed by atoms with Crippen molar-refractivity contribution in [1.29, 1.82) is 0 Å². The van der Waals surface area contributed by atoms with Crippen molar-refractivity contribution in [3.8, 4) is 11.3 Å². The van der Waals surface area contributed by atoms with Crippen LogP contribution in [0, 0.1) is 11.8 Å². The highest BCUT2D eigenvalue weighted by molar-refractivity contribution is 5.90. The average Bonchev–Trinajstić information content (AvgIpc) is 3.17. The monoisotopic (exact) mass is 408 g/mol. The molecule has 1 aliphatic heterocycles. The van der Waals surface area contributed by atoms with Crippen molar-refractivity contribution in [2.75, 3.05) is 30.4 Å². The number of pyridine rings is 2. The molecular formula is C22H28N6O2. The summed E-state index contributed by atoms with van der Waals surface area (Å²) < 4.78 is 7.14. The summed E-state index contributed by atoms with van der Waals surface area (Å²) in [4.78, 5) is 20.9. The van der Waals surface area contributed by atoms with Crippen LogP contribution in [-0.2, 0) is 9.53 Å². The van der Waals surface area contributed by atoms with E-state index in [0.29, 0.717) is 11.6 Å². The molecule has 30 heavy (non-hydrogen) atoms. The summed E-state index contributed by atoms with van der Waals surface area (Å²) in [5, 5.41) is 10.6.